The summed E-state index contributed by atoms with van der Waals surface area (Å²) in [7, 11) is 0. The number of amides is 5. The van der Waals surface area contributed by atoms with Crippen LogP contribution in [0.3, 0.4) is 0 Å². The molecule has 0 fully saturated rings. The third-order valence-corrected chi connectivity index (χ3v) is 11.1. The monoisotopic (exact) mass is 1030 g/mol. The molecular weight excluding hydrogens is 933 g/mol. The van der Waals surface area contributed by atoms with Gasteiger partial charge in [0.25, 0.3) is 0 Å². The first-order valence-electron chi connectivity index (χ1n) is 25.8. The van der Waals surface area contributed by atoms with Crippen LogP contribution in [-0.2, 0) is 57.1 Å². The molecule has 0 spiro atoms. The molecule has 0 aliphatic rings. The van der Waals surface area contributed by atoms with Gasteiger partial charge in [0, 0.05) is 13.1 Å². The van der Waals surface area contributed by atoms with Crippen molar-refractivity contribution in [1.82, 2.24) is 21.0 Å². The van der Waals surface area contributed by atoms with Gasteiger partial charge in [-0.25, -0.2) is 9.59 Å². The van der Waals surface area contributed by atoms with Gasteiger partial charge in [-0.1, -0.05) is 5.06 Å². The summed E-state index contributed by atoms with van der Waals surface area (Å²) in [6, 6.07) is -0.854. The SMILES string of the molecule is CC(C)(C)OC(=O)N(OCCOC(C)(C)CCOC(C)(C)CCNC(=O)C(CCCCNC(=O)COC(C)(C)CCOC(C)(C)CCN)NC(=O)COC(C)(C)CCOC(C)(C)CCN)C(=O)OC(C)(C)C. The molecule has 7 N–H and O–H groups in total. The normalized spacial score (nSPS) is 13.6. The van der Waals surface area contributed by atoms with E-state index in [1.807, 2.05) is 83.1 Å². The molecule has 0 heterocycles. The van der Waals surface area contributed by atoms with Gasteiger partial charge in [0.15, 0.2) is 0 Å². The van der Waals surface area contributed by atoms with Crippen molar-refractivity contribution in [3.05, 3.63) is 0 Å². The Labute approximate surface area is 433 Å². The van der Waals surface area contributed by atoms with Gasteiger partial charge in [-0.05, 0) is 196 Å². The summed E-state index contributed by atoms with van der Waals surface area (Å²) in [6.07, 6.45) is 2.96. The van der Waals surface area contributed by atoms with Crippen LogP contribution in [-0.4, -0.2) is 158 Å². The van der Waals surface area contributed by atoms with E-state index in [0.29, 0.717) is 95.9 Å². The minimum absolute atomic E-state index is 0.0451. The van der Waals surface area contributed by atoms with Gasteiger partial charge < -0.3 is 65.3 Å². The van der Waals surface area contributed by atoms with Crippen LogP contribution in [0.15, 0.2) is 0 Å². The molecule has 1 unspecified atom stereocenters. The van der Waals surface area contributed by atoms with Gasteiger partial charge in [0.2, 0.25) is 17.7 Å². The van der Waals surface area contributed by atoms with E-state index in [1.54, 1.807) is 41.5 Å². The number of carbonyl (C=O) groups excluding carboxylic acids is 5. The van der Waals surface area contributed by atoms with E-state index in [-0.39, 0.29) is 56.0 Å². The summed E-state index contributed by atoms with van der Waals surface area (Å²) < 4.78 is 46.8. The molecule has 0 saturated carbocycles. The fraction of sp³-hybridized carbons (Fsp3) is 0.904. The fourth-order valence-electron chi connectivity index (χ4n) is 6.47. The van der Waals surface area contributed by atoms with Gasteiger partial charge in [-0.2, -0.15) is 0 Å². The maximum atomic E-state index is 13.7. The van der Waals surface area contributed by atoms with E-state index in [1.165, 1.54) is 0 Å². The number of carbonyl (C=O) groups is 5. The predicted molar refractivity (Wildman–Crippen MR) is 278 cm³/mol. The lowest BCUT2D eigenvalue weighted by molar-refractivity contribution is -0.158. The topological polar surface area (TPSA) is 260 Å². The highest BCUT2D eigenvalue weighted by molar-refractivity contribution is 5.88. The molecule has 72 heavy (non-hydrogen) atoms. The largest absolute Gasteiger partial charge is 0.444 e. The van der Waals surface area contributed by atoms with E-state index < -0.39 is 57.7 Å². The van der Waals surface area contributed by atoms with Gasteiger partial charge in [0.05, 0.1) is 66.6 Å². The molecule has 0 aliphatic heterocycles. The average Bonchev–Trinajstić information content (AvgIpc) is 3.19. The van der Waals surface area contributed by atoms with Crippen LogP contribution in [0.5, 0.6) is 0 Å². The van der Waals surface area contributed by atoms with Crippen LogP contribution in [0.4, 0.5) is 9.59 Å². The number of ether oxygens (including phenoxy) is 8. The molecular formula is C52H102N6O14. The zero-order valence-electron chi connectivity index (χ0n) is 48.0. The first-order valence-corrected chi connectivity index (χ1v) is 25.8. The Bertz CT molecular complexity index is 1580. The Hall–Kier alpha value is -3.21. The number of hydrogen-bond acceptors (Lipinski definition) is 16. The van der Waals surface area contributed by atoms with Crippen molar-refractivity contribution in [2.75, 3.05) is 72.4 Å². The van der Waals surface area contributed by atoms with Crippen molar-refractivity contribution in [3.63, 3.8) is 0 Å². The van der Waals surface area contributed by atoms with E-state index >= 15 is 0 Å². The van der Waals surface area contributed by atoms with Crippen LogP contribution in [0, 0.1) is 0 Å². The van der Waals surface area contributed by atoms with Crippen LogP contribution < -0.4 is 27.4 Å². The Kier molecular flexibility index (Phi) is 30.2. The Morgan fingerprint density at radius 2 is 0.833 bits per heavy atom. The smallest absolute Gasteiger partial charge is 0.442 e. The zero-order chi connectivity index (χ0) is 55.7. The summed E-state index contributed by atoms with van der Waals surface area (Å²) in [5, 5.41) is 9.18. The zero-order valence-corrected chi connectivity index (χ0v) is 48.0. The maximum absolute atomic E-state index is 13.7. The number of rotatable bonds is 37. The molecule has 20 nitrogen and oxygen atoms in total. The highest BCUT2D eigenvalue weighted by Gasteiger charge is 2.34. The molecule has 0 rings (SSSR count). The van der Waals surface area contributed by atoms with Crippen molar-refractivity contribution in [2.24, 2.45) is 11.5 Å². The summed E-state index contributed by atoms with van der Waals surface area (Å²) in [6.45, 7) is 35.7. The van der Waals surface area contributed by atoms with Crippen LogP contribution in [0.25, 0.3) is 0 Å². The third kappa shape index (κ3) is 35.9. The van der Waals surface area contributed by atoms with Crippen LogP contribution in [0.2, 0.25) is 0 Å². The summed E-state index contributed by atoms with van der Waals surface area (Å²) in [5.41, 5.74) is 6.41. The molecule has 0 saturated heterocycles. The standard InChI is InChI=1S/C52H102N6O14/c1-45(2,3)71-43(62)58(44(63)72-46(4,5)6)70-36-35-67-50(13,14)25-32-66-49(11,12)24-31-56-42(61)39(57-41(60)38-69-52(17,18)27-34-65-48(9,10)23-29-54)21-19-20-30-55-40(59)37-68-51(15,16)26-33-64-47(7,8)22-28-53/h39H,19-38,53-54H2,1-18H3,(H,55,59)(H,56,61)(H,57,60). The summed E-state index contributed by atoms with van der Waals surface area (Å²) in [5.74, 6) is -1.03. The second-order valence-electron chi connectivity index (χ2n) is 24.0. The van der Waals surface area contributed by atoms with Crippen LogP contribution in [0.1, 0.15) is 182 Å². The number of hydrogen-bond donors (Lipinski definition) is 5. The van der Waals surface area contributed by atoms with Gasteiger partial charge in [-0.15, -0.1) is 0 Å². The lowest BCUT2D eigenvalue weighted by Crippen LogP contribution is -2.49. The van der Waals surface area contributed by atoms with Crippen molar-refractivity contribution >= 4 is 29.9 Å². The first-order chi connectivity index (χ1) is 32.8. The van der Waals surface area contributed by atoms with Crippen molar-refractivity contribution in [3.8, 4) is 0 Å². The number of unbranched alkanes of at least 4 members (excludes halogenated alkanes) is 1. The quantitative estimate of drug-likeness (QED) is 0.0310. The van der Waals surface area contributed by atoms with E-state index in [0.717, 1.165) is 6.42 Å². The van der Waals surface area contributed by atoms with Crippen molar-refractivity contribution in [1.29, 1.82) is 0 Å². The first kappa shape index (κ1) is 68.8. The Balaban J connectivity index is 5.35. The fourth-order valence-corrected chi connectivity index (χ4v) is 6.47. The van der Waals surface area contributed by atoms with E-state index in [9.17, 15) is 24.0 Å². The Morgan fingerprint density at radius 3 is 1.26 bits per heavy atom. The molecule has 0 aromatic rings. The molecule has 0 aliphatic carbocycles. The highest BCUT2D eigenvalue weighted by atomic mass is 16.8. The number of nitrogens with two attached hydrogens (primary N) is 2. The number of hydroxylamine groups is 2. The number of nitrogens with zero attached hydrogens (tertiary/aromatic N) is 1. The molecule has 0 radical (unpaired) electrons. The molecule has 424 valence electrons. The Morgan fingerprint density at radius 1 is 0.444 bits per heavy atom. The van der Waals surface area contributed by atoms with Gasteiger partial charge in [-0.3, -0.25) is 19.2 Å². The number of imide groups is 1. The second-order valence-corrected chi connectivity index (χ2v) is 24.0. The maximum Gasteiger partial charge on any atom is 0.444 e. The minimum atomic E-state index is -1.00. The number of nitrogens with one attached hydrogen (secondary N) is 3. The molecule has 0 bridgehead atoms. The predicted octanol–water partition coefficient (Wildman–Crippen LogP) is 7.01. The van der Waals surface area contributed by atoms with Gasteiger partial charge in [0.1, 0.15) is 30.5 Å². The lowest BCUT2D eigenvalue weighted by atomic mass is 10.0. The van der Waals surface area contributed by atoms with E-state index in [4.69, 9.17) is 54.2 Å². The van der Waals surface area contributed by atoms with Gasteiger partial charge >= 0.3 is 12.2 Å². The second kappa shape index (κ2) is 31.6. The third-order valence-electron chi connectivity index (χ3n) is 11.1. The molecule has 1 atom stereocenters. The minimum Gasteiger partial charge on any atom is -0.442 e. The average molecular weight is 1040 g/mol. The van der Waals surface area contributed by atoms with E-state index in [2.05, 4.69) is 16.0 Å². The molecule has 0 aromatic heterocycles. The summed E-state index contributed by atoms with van der Waals surface area (Å²) >= 11 is 0. The van der Waals surface area contributed by atoms with Crippen molar-refractivity contribution in [2.45, 2.75) is 233 Å². The molecule has 5 amide bonds. The van der Waals surface area contributed by atoms with Crippen LogP contribution >= 0.6 is 0 Å². The van der Waals surface area contributed by atoms with Crippen molar-refractivity contribution < 1.29 is 66.7 Å². The molecule has 20 heteroatoms. The summed E-state index contributed by atoms with van der Waals surface area (Å²) in [4.78, 5) is 70.5. The molecule has 0 aromatic carbocycles. The highest BCUT2D eigenvalue weighted by Crippen LogP contribution is 2.23. The lowest BCUT2D eigenvalue weighted by Gasteiger charge is -2.30.